The molecule has 0 amide bonds. The summed E-state index contributed by atoms with van der Waals surface area (Å²) in [6.45, 7) is 13.4. The lowest BCUT2D eigenvalue weighted by Crippen LogP contribution is -2.38. The Balaban J connectivity index is 2.06. The maximum atomic E-state index is 12.9. The average molecular weight is 459 g/mol. The zero-order valence-electron chi connectivity index (χ0n) is 21.5. The fraction of sp³-hybridized carbons (Fsp3) is 0.714. The quantitative estimate of drug-likeness (QED) is 0.416. The van der Waals surface area contributed by atoms with Crippen LogP contribution < -0.4 is 9.47 Å². The molecular formula is C28H42O5. The van der Waals surface area contributed by atoms with Gasteiger partial charge in [0.15, 0.2) is 11.5 Å². The minimum Gasteiger partial charge on any atom is -0.422 e. The molecule has 0 unspecified atom stereocenters. The highest BCUT2D eigenvalue weighted by atomic mass is 16.6. The second-order valence-electron chi connectivity index (χ2n) is 12.4. The number of rotatable bonds is 5. The number of aliphatic hydroxyl groups is 1. The van der Waals surface area contributed by atoms with Crippen LogP contribution in [0, 0.1) is 28.1 Å². The molecule has 0 bridgehead atoms. The van der Waals surface area contributed by atoms with Gasteiger partial charge in [-0.15, -0.1) is 0 Å². The highest BCUT2D eigenvalue weighted by Crippen LogP contribution is 2.60. The molecular weight excluding hydrogens is 416 g/mol. The Labute approximate surface area is 199 Å². The molecule has 184 valence electrons. The van der Waals surface area contributed by atoms with Gasteiger partial charge >= 0.3 is 11.9 Å². The number of aliphatic hydroxyl groups excluding tert-OH is 1. The molecule has 0 aliphatic heterocycles. The van der Waals surface area contributed by atoms with Crippen molar-refractivity contribution in [2.24, 2.45) is 28.1 Å². The predicted molar refractivity (Wildman–Crippen MR) is 129 cm³/mol. The van der Waals surface area contributed by atoms with Crippen molar-refractivity contribution >= 4 is 11.9 Å². The predicted octanol–water partition coefficient (Wildman–Crippen LogP) is 6.27. The number of esters is 2. The lowest BCUT2D eigenvalue weighted by Gasteiger charge is -2.47. The van der Waals surface area contributed by atoms with Crippen LogP contribution in [0.5, 0.6) is 11.5 Å². The van der Waals surface area contributed by atoms with E-state index in [1.807, 2.05) is 32.9 Å². The summed E-state index contributed by atoms with van der Waals surface area (Å²) in [6, 6.07) is 5.60. The first-order valence-electron chi connectivity index (χ1n) is 12.5. The smallest absolute Gasteiger partial charge is 0.316 e. The molecule has 4 atom stereocenters. The normalized spacial score (nSPS) is 27.7. The highest BCUT2D eigenvalue weighted by molar-refractivity contribution is 5.81. The molecule has 2 saturated carbocycles. The molecule has 2 aliphatic carbocycles. The average Bonchev–Trinajstić information content (AvgIpc) is 3.10. The van der Waals surface area contributed by atoms with E-state index in [9.17, 15) is 14.7 Å². The Morgan fingerprint density at radius 3 is 2.24 bits per heavy atom. The summed E-state index contributed by atoms with van der Waals surface area (Å²) < 4.78 is 11.8. The van der Waals surface area contributed by atoms with Crippen LogP contribution in [0.2, 0.25) is 0 Å². The first-order chi connectivity index (χ1) is 15.3. The Morgan fingerprint density at radius 1 is 1.00 bits per heavy atom. The van der Waals surface area contributed by atoms with Gasteiger partial charge in [0.2, 0.25) is 0 Å². The Bertz CT molecular complexity index is 875. The summed E-state index contributed by atoms with van der Waals surface area (Å²) >= 11 is 0. The van der Waals surface area contributed by atoms with Gasteiger partial charge in [0, 0.05) is 12.2 Å². The summed E-state index contributed by atoms with van der Waals surface area (Å²) in [5, 5.41) is 9.92. The van der Waals surface area contributed by atoms with Crippen LogP contribution >= 0.6 is 0 Å². The van der Waals surface area contributed by atoms with Gasteiger partial charge in [0.25, 0.3) is 0 Å². The second-order valence-corrected chi connectivity index (χ2v) is 12.4. The molecule has 0 aromatic heterocycles. The number of fused-ring (bicyclic) bond motifs is 1. The van der Waals surface area contributed by atoms with E-state index in [-0.39, 0.29) is 24.5 Å². The van der Waals surface area contributed by atoms with Crippen molar-refractivity contribution in [3.05, 3.63) is 23.8 Å². The lowest BCUT2D eigenvalue weighted by atomic mass is 9.58. The van der Waals surface area contributed by atoms with Gasteiger partial charge in [-0.25, -0.2) is 0 Å². The second kappa shape index (κ2) is 9.40. The zero-order valence-corrected chi connectivity index (χ0v) is 21.5. The molecule has 2 fully saturated rings. The summed E-state index contributed by atoms with van der Waals surface area (Å²) in [4.78, 5) is 25.7. The fourth-order valence-electron chi connectivity index (χ4n) is 5.73. The third-order valence-electron chi connectivity index (χ3n) is 7.71. The summed E-state index contributed by atoms with van der Waals surface area (Å²) in [5.41, 5.74) is -0.148. The molecule has 0 heterocycles. The summed E-state index contributed by atoms with van der Waals surface area (Å²) in [5.74, 6) is 0.920. The third-order valence-corrected chi connectivity index (χ3v) is 7.71. The molecule has 3 rings (SSSR count). The number of para-hydroxylation sites is 1. The largest absolute Gasteiger partial charge is 0.422 e. The SMILES string of the molecule is CC(C)(C)C(=O)Oc1cccc([C@H]2CC[C@]3(C)CCC[C@H]3[C@@H]2CCO)c1OC(=O)C(C)(C)C. The van der Waals surface area contributed by atoms with Crippen LogP contribution in [0.25, 0.3) is 0 Å². The van der Waals surface area contributed by atoms with Crippen molar-refractivity contribution in [1.82, 2.24) is 0 Å². The topological polar surface area (TPSA) is 72.8 Å². The van der Waals surface area contributed by atoms with Crippen molar-refractivity contribution in [3.8, 4) is 11.5 Å². The number of carbonyl (C=O) groups is 2. The van der Waals surface area contributed by atoms with Crippen molar-refractivity contribution < 1.29 is 24.2 Å². The zero-order chi connectivity index (χ0) is 24.6. The van der Waals surface area contributed by atoms with E-state index in [0.717, 1.165) is 24.8 Å². The van der Waals surface area contributed by atoms with E-state index in [0.29, 0.717) is 28.7 Å². The van der Waals surface area contributed by atoms with E-state index in [2.05, 4.69) is 6.92 Å². The highest BCUT2D eigenvalue weighted by Gasteiger charge is 2.49. The van der Waals surface area contributed by atoms with Crippen LogP contribution in [-0.2, 0) is 9.59 Å². The molecule has 0 saturated heterocycles. The van der Waals surface area contributed by atoms with Gasteiger partial charge in [-0.05, 0) is 103 Å². The van der Waals surface area contributed by atoms with Gasteiger partial charge in [-0.2, -0.15) is 0 Å². The van der Waals surface area contributed by atoms with Gasteiger partial charge in [0.05, 0.1) is 10.8 Å². The number of benzene rings is 1. The monoisotopic (exact) mass is 458 g/mol. The molecule has 1 N–H and O–H groups in total. The first kappa shape index (κ1) is 25.7. The Morgan fingerprint density at radius 2 is 1.64 bits per heavy atom. The van der Waals surface area contributed by atoms with Crippen LogP contribution in [0.1, 0.15) is 98.5 Å². The molecule has 2 aliphatic rings. The van der Waals surface area contributed by atoms with Gasteiger partial charge in [-0.1, -0.05) is 25.5 Å². The molecule has 0 radical (unpaired) electrons. The molecule has 33 heavy (non-hydrogen) atoms. The van der Waals surface area contributed by atoms with Crippen LogP contribution in [-0.4, -0.2) is 23.7 Å². The van der Waals surface area contributed by atoms with E-state index in [4.69, 9.17) is 9.47 Å². The van der Waals surface area contributed by atoms with E-state index in [1.165, 1.54) is 19.3 Å². The molecule has 5 nitrogen and oxygen atoms in total. The molecule has 1 aromatic carbocycles. The molecule has 1 aromatic rings. The molecule has 0 spiro atoms. The van der Waals surface area contributed by atoms with Crippen LogP contribution in [0.4, 0.5) is 0 Å². The van der Waals surface area contributed by atoms with Crippen molar-refractivity contribution in [3.63, 3.8) is 0 Å². The minimum absolute atomic E-state index is 0.142. The Hall–Kier alpha value is -1.88. The van der Waals surface area contributed by atoms with E-state index >= 15 is 0 Å². The minimum atomic E-state index is -0.695. The van der Waals surface area contributed by atoms with Crippen molar-refractivity contribution in [2.45, 2.75) is 92.9 Å². The fourth-order valence-corrected chi connectivity index (χ4v) is 5.73. The van der Waals surface area contributed by atoms with Gasteiger partial charge in [-0.3, -0.25) is 9.59 Å². The Kier molecular flexibility index (Phi) is 7.33. The standard InChI is InChI=1S/C28H42O5/c1-26(2,3)24(30)32-22-12-8-10-20(23(22)33-25(31)27(4,5)6)18-13-16-28(7)15-9-11-21(28)19(18)14-17-29/h8,10,12,18-19,21,29H,9,11,13-17H2,1-7H3/t18-,19+,21-,28-/m0/s1. The maximum absolute atomic E-state index is 12.9. The number of carbonyl (C=O) groups excluding carboxylic acids is 2. The molecule has 5 heteroatoms. The summed E-state index contributed by atoms with van der Waals surface area (Å²) in [6.07, 6.45) is 6.45. The van der Waals surface area contributed by atoms with E-state index in [1.54, 1.807) is 26.8 Å². The van der Waals surface area contributed by atoms with Crippen LogP contribution in [0.3, 0.4) is 0 Å². The number of hydrogen-bond acceptors (Lipinski definition) is 5. The lowest BCUT2D eigenvalue weighted by molar-refractivity contribution is -0.145. The number of ether oxygens (including phenoxy) is 2. The maximum Gasteiger partial charge on any atom is 0.316 e. The summed E-state index contributed by atoms with van der Waals surface area (Å²) in [7, 11) is 0. The van der Waals surface area contributed by atoms with Crippen molar-refractivity contribution in [1.29, 1.82) is 0 Å². The van der Waals surface area contributed by atoms with Gasteiger partial charge in [0.1, 0.15) is 0 Å². The third kappa shape index (κ3) is 5.45. The van der Waals surface area contributed by atoms with Crippen molar-refractivity contribution in [2.75, 3.05) is 6.61 Å². The van der Waals surface area contributed by atoms with Crippen LogP contribution in [0.15, 0.2) is 18.2 Å². The van der Waals surface area contributed by atoms with Gasteiger partial charge < -0.3 is 14.6 Å². The van der Waals surface area contributed by atoms with E-state index < -0.39 is 10.8 Å². The first-order valence-corrected chi connectivity index (χ1v) is 12.5. The number of hydrogen-bond donors (Lipinski definition) is 1.